The summed E-state index contributed by atoms with van der Waals surface area (Å²) in [4.78, 5) is 2.66. The fourth-order valence-corrected chi connectivity index (χ4v) is 4.00. The summed E-state index contributed by atoms with van der Waals surface area (Å²) < 4.78 is 0. The molecule has 1 saturated heterocycles. The molecule has 2 aliphatic rings. The molecule has 0 spiro atoms. The van der Waals surface area contributed by atoms with E-state index in [-0.39, 0.29) is 0 Å². The van der Waals surface area contributed by atoms with Gasteiger partial charge in [0.2, 0.25) is 0 Å². The molecule has 0 radical (unpaired) electrons. The van der Waals surface area contributed by atoms with Gasteiger partial charge < -0.3 is 10.6 Å². The van der Waals surface area contributed by atoms with Crippen LogP contribution in [0.25, 0.3) is 0 Å². The monoisotopic (exact) mass is 258 g/mol. The van der Waals surface area contributed by atoms with Gasteiger partial charge in [-0.05, 0) is 49.2 Å². The van der Waals surface area contributed by atoms with E-state index in [0.29, 0.717) is 5.41 Å². The van der Waals surface area contributed by atoms with Gasteiger partial charge in [-0.1, -0.05) is 43.2 Å². The number of nitrogens with zero attached hydrogens (tertiary/aromatic N) is 1. The maximum absolute atomic E-state index is 6.07. The van der Waals surface area contributed by atoms with Crippen LogP contribution in [0.1, 0.15) is 43.6 Å². The van der Waals surface area contributed by atoms with Gasteiger partial charge >= 0.3 is 0 Å². The number of nitrogens with two attached hydrogens (primary N) is 1. The number of hydrogen-bond donors (Lipinski definition) is 1. The van der Waals surface area contributed by atoms with Crippen molar-refractivity contribution in [2.75, 3.05) is 26.2 Å². The Kier molecular flexibility index (Phi) is 3.90. The van der Waals surface area contributed by atoms with Crippen LogP contribution in [0.3, 0.4) is 0 Å². The molecule has 1 aliphatic heterocycles. The van der Waals surface area contributed by atoms with Crippen molar-refractivity contribution in [1.82, 2.24) is 4.90 Å². The zero-order valence-corrected chi connectivity index (χ0v) is 11.9. The Morgan fingerprint density at radius 2 is 1.89 bits per heavy atom. The topological polar surface area (TPSA) is 29.3 Å². The van der Waals surface area contributed by atoms with Gasteiger partial charge in [-0.15, -0.1) is 0 Å². The molecule has 0 aromatic heterocycles. The molecule has 1 aromatic carbocycles. The molecular formula is C17H26N2. The molecule has 2 heteroatoms. The average Bonchev–Trinajstić information content (AvgIpc) is 3.10. The van der Waals surface area contributed by atoms with Gasteiger partial charge in [-0.2, -0.15) is 0 Å². The van der Waals surface area contributed by atoms with Crippen LogP contribution in [0.15, 0.2) is 30.3 Å². The molecule has 1 unspecified atom stereocenters. The number of likely N-dealkylation sites (tertiary alicyclic amines) is 1. The van der Waals surface area contributed by atoms with Crippen LogP contribution in [0.5, 0.6) is 0 Å². The maximum atomic E-state index is 6.07. The highest BCUT2D eigenvalue weighted by molar-refractivity contribution is 5.21. The molecule has 0 bridgehead atoms. The standard InChI is InChI=1S/C17H26N2/c18-13-17(9-4-5-10-17)14-19-11-8-16(12-19)15-6-2-1-3-7-15/h1-3,6-7,16H,4-5,8-14,18H2. The van der Waals surface area contributed by atoms with Crippen LogP contribution < -0.4 is 5.73 Å². The summed E-state index contributed by atoms with van der Waals surface area (Å²) in [5.74, 6) is 0.734. The first-order chi connectivity index (χ1) is 9.31. The zero-order valence-electron chi connectivity index (χ0n) is 11.9. The minimum absolute atomic E-state index is 0.436. The first kappa shape index (κ1) is 13.1. The van der Waals surface area contributed by atoms with Crippen LogP contribution in [0.2, 0.25) is 0 Å². The summed E-state index contributed by atoms with van der Waals surface area (Å²) in [7, 11) is 0. The van der Waals surface area contributed by atoms with E-state index >= 15 is 0 Å². The van der Waals surface area contributed by atoms with E-state index in [9.17, 15) is 0 Å². The van der Waals surface area contributed by atoms with Gasteiger partial charge in [-0.25, -0.2) is 0 Å². The Bertz CT molecular complexity index is 395. The van der Waals surface area contributed by atoms with Crippen molar-refractivity contribution < 1.29 is 0 Å². The van der Waals surface area contributed by atoms with Gasteiger partial charge in [0.15, 0.2) is 0 Å². The van der Waals surface area contributed by atoms with E-state index in [1.807, 2.05) is 0 Å². The Morgan fingerprint density at radius 1 is 1.16 bits per heavy atom. The molecule has 0 amide bonds. The molecule has 3 rings (SSSR count). The first-order valence-corrected chi connectivity index (χ1v) is 7.79. The second-order valence-electron chi connectivity index (χ2n) is 6.54. The van der Waals surface area contributed by atoms with Crippen molar-refractivity contribution in [3.05, 3.63) is 35.9 Å². The third kappa shape index (κ3) is 2.85. The van der Waals surface area contributed by atoms with Gasteiger partial charge in [-0.3, -0.25) is 0 Å². The average molecular weight is 258 g/mol. The van der Waals surface area contributed by atoms with Gasteiger partial charge in [0.1, 0.15) is 0 Å². The molecule has 1 aliphatic carbocycles. The van der Waals surface area contributed by atoms with E-state index < -0.39 is 0 Å². The smallest absolute Gasteiger partial charge is 0.00510 e. The SMILES string of the molecule is NCC1(CN2CCC(c3ccccc3)C2)CCCC1. The summed E-state index contributed by atoms with van der Waals surface area (Å²) in [6.07, 6.45) is 6.76. The first-order valence-electron chi connectivity index (χ1n) is 7.79. The highest BCUT2D eigenvalue weighted by Gasteiger charge is 2.36. The van der Waals surface area contributed by atoms with Crippen molar-refractivity contribution in [3.63, 3.8) is 0 Å². The second-order valence-corrected chi connectivity index (χ2v) is 6.54. The van der Waals surface area contributed by atoms with Crippen molar-refractivity contribution in [3.8, 4) is 0 Å². The number of benzene rings is 1. The van der Waals surface area contributed by atoms with E-state index in [0.717, 1.165) is 12.5 Å². The molecule has 19 heavy (non-hydrogen) atoms. The van der Waals surface area contributed by atoms with Crippen molar-refractivity contribution in [2.45, 2.75) is 38.0 Å². The lowest BCUT2D eigenvalue weighted by Gasteiger charge is -2.32. The van der Waals surface area contributed by atoms with Crippen LogP contribution >= 0.6 is 0 Å². The Labute approximate surface area is 117 Å². The third-order valence-electron chi connectivity index (χ3n) is 5.20. The van der Waals surface area contributed by atoms with E-state index in [2.05, 4.69) is 35.2 Å². The predicted octanol–water partition coefficient (Wildman–Crippen LogP) is 3.00. The lowest BCUT2D eigenvalue weighted by atomic mass is 9.86. The molecule has 1 heterocycles. The molecule has 1 saturated carbocycles. The van der Waals surface area contributed by atoms with Crippen molar-refractivity contribution in [2.24, 2.45) is 11.1 Å². The Hall–Kier alpha value is -0.860. The van der Waals surface area contributed by atoms with Crippen LogP contribution in [0.4, 0.5) is 0 Å². The van der Waals surface area contributed by atoms with Crippen LogP contribution in [-0.2, 0) is 0 Å². The summed E-state index contributed by atoms with van der Waals surface area (Å²) in [5, 5.41) is 0. The van der Waals surface area contributed by atoms with Crippen LogP contribution in [-0.4, -0.2) is 31.1 Å². The highest BCUT2D eigenvalue weighted by Crippen LogP contribution is 2.39. The molecule has 2 nitrogen and oxygen atoms in total. The zero-order chi connectivity index (χ0) is 13.1. The fourth-order valence-electron chi connectivity index (χ4n) is 4.00. The lowest BCUT2D eigenvalue weighted by molar-refractivity contribution is 0.182. The second kappa shape index (κ2) is 5.64. The van der Waals surface area contributed by atoms with Gasteiger partial charge in [0, 0.05) is 13.1 Å². The van der Waals surface area contributed by atoms with Gasteiger partial charge in [0.25, 0.3) is 0 Å². The van der Waals surface area contributed by atoms with E-state index in [4.69, 9.17) is 5.73 Å². The molecule has 104 valence electrons. The molecule has 1 aromatic rings. The molecule has 2 N–H and O–H groups in total. The minimum atomic E-state index is 0.436. The third-order valence-corrected chi connectivity index (χ3v) is 5.20. The molecular weight excluding hydrogens is 232 g/mol. The lowest BCUT2D eigenvalue weighted by Crippen LogP contribution is -2.40. The number of hydrogen-bond acceptors (Lipinski definition) is 2. The summed E-state index contributed by atoms with van der Waals surface area (Å²) in [6.45, 7) is 4.58. The normalized spacial score (nSPS) is 26.9. The highest BCUT2D eigenvalue weighted by atomic mass is 15.2. The molecule has 2 fully saturated rings. The Morgan fingerprint density at radius 3 is 2.58 bits per heavy atom. The van der Waals surface area contributed by atoms with Crippen molar-refractivity contribution in [1.29, 1.82) is 0 Å². The minimum Gasteiger partial charge on any atom is -0.330 e. The van der Waals surface area contributed by atoms with E-state index in [1.165, 1.54) is 57.3 Å². The fraction of sp³-hybridized carbons (Fsp3) is 0.647. The van der Waals surface area contributed by atoms with Gasteiger partial charge in [0.05, 0.1) is 0 Å². The largest absolute Gasteiger partial charge is 0.330 e. The summed E-state index contributed by atoms with van der Waals surface area (Å²) in [6, 6.07) is 11.0. The Balaban J connectivity index is 1.60. The number of rotatable bonds is 4. The van der Waals surface area contributed by atoms with E-state index in [1.54, 1.807) is 0 Å². The predicted molar refractivity (Wildman–Crippen MR) is 80.2 cm³/mol. The quantitative estimate of drug-likeness (QED) is 0.899. The summed E-state index contributed by atoms with van der Waals surface area (Å²) in [5.41, 5.74) is 8.01. The van der Waals surface area contributed by atoms with Crippen LogP contribution in [0, 0.1) is 5.41 Å². The van der Waals surface area contributed by atoms with Crippen molar-refractivity contribution >= 4 is 0 Å². The maximum Gasteiger partial charge on any atom is 0.00510 e. The molecule has 1 atom stereocenters. The summed E-state index contributed by atoms with van der Waals surface area (Å²) >= 11 is 0.